The predicted molar refractivity (Wildman–Crippen MR) is 61.2 cm³/mol. The van der Waals surface area contributed by atoms with Crippen LogP contribution in [0.2, 0.25) is 0 Å². The second-order valence-corrected chi connectivity index (χ2v) is 4.71. The van der Waals surface area contributed by atoms with Crippen molar-refractivity contribution in [2.24, 2.45) is 0 Å². The highest BCUT2D eigenvalue weighted by molar-refractivity contribution is 7.12. The fourth-order valence-corrected chi connectivity index (χ4v) is 2.42. The summed E-state index contributed by atoms with van der Waals surface area (Å²) in [5, 5.41) is 10.0. The zero-order valence-corrected chi connectivity index (χ0v) is 9.67. The first-order chi connectivity index (χ1) is 7.20. The molecule has 2 rings (SSSR count). The first kappa shape index (κ1) is 10.5. The molecule has 0 aliphatic carbocycles. The summed E-state index contributed by atoms with van der Waals surface area (Å²) >= 11 is 1.64. The van der Waals surface area contributed by atoms with Gasteiger partial charge >= 0.3 is 0 Å². The van der Waals surface area contributed by atoms with Gasteiger partial charge in [-0.05, 0) is 37.6 Å². The highest BCUT2D eigenvalue weighted by Crippen LogP contribution is 2.29. The quantitative estimate of drug-likeness (QED) is 0.864. The zero-order chi connectivity index (χ0) is 10.8. The Morgan fingerprint density at radius 1 is 1.33 bits per heavy atom. The smallest absolute Gasteiger partial charge is 0.146 e. The summed E-state index contributed by atoms with van der Waals surface area (Å²) < 4.78 is 5.40. The molecule has 0 fully saturated rings. The highest BCUT2D eigenvalue weighted by atomic mass is 32.1. The molecule has 0 radical (unpaired) electrons. The summed E-state index contributed by atoms with van der Waals surface area (Å²) in [6.07, 6.45) is 0.387. The van der Waals surface area contributed by atoms with Gasteiger partial charge in [0.15, 0.2) is 0 Å². The Morgan fingerprint density at radius 3 is 2.67 bits per heavy atom. The van der Waals surface area contributed by atoms with Crippen LogP contribution in [0, 0.1) is 6.92 Å². The molecular weight excluding hydrogens is 208 g/mol. The standard InChI is InChI=1S/C12H14O2S/c1-3-9-5-7-11(15-9)12(13)10-6-4-8(2)14-10/h4-7,12-13H,3H2,1-2H3. The van der Waals surface area contributed by atoms with Gasteiger partial charge in [-0.15, -0.1) is 11.3 Å². The van der Waals surface area contributed by atoms with E-state index in [9.17, 15) is 5.11 Å². The summed E-state index contributed by atoms with van der Waals surface area (Å²) in [4.78, 5) is 2.23. The molecule has 0 aliphatic rings. The van der Waals surface area contributed by atoms with Crippen LogP contribution in [0.4, 0.5) is 0 Å². The highest BCUT2D eigenvalue weighted by Gasteiger charge is 2.15. The first-order valence-electron chi connectivity index (χ1n) is 5.03. The largest absolute Gasteiger partial charge is 0.463 e. The third-order valence-corrected chi connectivity index (χ3v) is 3.61. The Labute approximate surface area is 93.2 Å². The van der Waals surface area contributed by atoms with Gasteiger partial charge in [0.1, 0.15) is 17.6 Å². The van der Waals surface area contributed by atoms with E-state index in [1.54, 1.807) is 11.3 Å². The van der Waals surface area contributed by atoms with E-state index in [0.29, 0.717) is 5.76 Å². The molecule has 0 saturated carbocycles. The molecule has 0 saturated heterocycles. The Hall–Kier alpha value is -1.06. The maximum absolute atomic E-state index is 10.0. The van der Waals surface area contributed by atoms with Crippen LogP contribution in [-0.4, -0.2) is 5.11 Å². The van der Waals surface area contributed by atoms with Crippen LogP contribution in [0.5, 0.6) is 0 Å². The maximum atomic E-state index is 10.0. The first-order valence-corrected chi connectivity index (χ1v) is 5.85. The Morgan fingerprint density at radius 2 is 2.13 bits per heavy atom. The Kier molecular flexibility index (Phi) is 2.93. The minimum atomic E-state index is -0.621. The molecule has 1 atom stereocenters. The van der Waals surface area contributed by atoms with Crippen molar-refractivity contribution >= 4 is 11.3 Å². The van der Waals surface area contributed by atoms with Crippen molar-refractivity contribution in [3.8, 4) is 0 Å². The van der Waals surface area contributed by atoms with Crippen LogP contribution in [0.25, 0.3) is 0 Å². The molecular formula is C12H14O2S. The van der Waals surface area contributed by atoms with Crippen molar-refractivity contribution < 1.29 is 9.52 Å². The van der Waals surface area contributed by atoms with E-state index in [-0.39, 0.29) is 0 Å². The Balaban J connectivity index is 2.23. The summed E-state index contributed by atoms with van der Waals surface area (Å²) in [7, 11) is 0. The molecule has 2 nitrogen and oxygen atoms in total. The van der Waals surface area contributed by atoms with E-state index in [1.165, 1.54) is 4.88 Å². The molecule has 2 aromatic rings. The molecule has 0 aromatic carbocycles. The fraction of sp³-hybridized carbons (Fsp3) is 0.333. The number of thiophene rings is 1. The van der Waals surface area contributed by atoms with E-state index in [2.05, 4.69) is 13.0 Å². The van der Waals surface area contributed by atoms with Gasteiger partial charge < -0.3 is 9.52 Å². The van der Waals surface area contributed by atoms with Crippen LogP contribution >= 0.6 is 11.3 Å². The molecule has 2 heterocycles. The molecule has 1 N–H and O–H groups in total. The molecule has 1 unspecified atom stereocenters. The van der Waals surface area contributed by atoms with Crippen molar-refractivity contribution in [3.63, 3.8) is 0 Å². The maximum Gasteiger partial charge on any atom is 0.146 e. The van der Waals surface area contributed by atoms with Crippen molar-refractivity contribution in [1.29, 1.82) is 0 Å². The van der Waals surface area contributed by atoms with Gasteiger partial charge in [0.25, 0.3) is 0 Å². The van der Waals surface area contributed by atoms with Gasteiger partial charge in [-0.2, -0.15) is 0 Å². The van der Waals surface area contributed by atoms with Gasteiger partial charge in [0, 0.05) is 9.75 Å². The molecule has 2 aromatic heterocycles. The van der Waals surface area contributed by atoms with Crippen LogP contribution in [0.1, 0.15) is 34.3 Å². The van der Waals surface area contributed by atoms with Gasteiger partial charge in [-0.3, -0.25) is 0 Å². The molecule has 0 amide bonds. The topological polar surface area (TPSA) is 33.4 Å². The number of aryl methyl sites for hydroxylation is 2. The van der Waals surface area contributed by atoms with Gasteiger partial charge in [-0.25, -0.2) is 0 Å². The minimum Gasteiger partial charge on any atom is -0.463 e. The zero-order valence-electron chi connectivity index (χ0n) is 8.86. The van der Waals surface area contributed by atoms with E-state index in [4.69, 9.17) is 4.42 Å². The van der Waals surface area contributed by atoms with Crippen molar-refractivity contribution in [3.05, 3.63) is 45.5 Å². The van der Waals surface area contributed by atoms with Gasteiger partial charge in [-0.1, -0.05) is 6.92 Å². The SMILES string of the molecule is CCc1ccc(C(O)c2ccc(C)o2)s1. The molecule has 0 aliphatic heterocycles. The number of rotatable bonds is 3. The number of hydrogen-bond donors (Lipinski definition) is 1. The van der Waals surface area contributed by atoms with Gasteiger partial charge in [0.05, 0.1) is 0 Å². The third kappa shape index (κ3) is 2.13. The predicted octanol–water partition coefficient (Wildman–Crippen LogP) is 3.29. The average Bonchev–Trinajstić information content (AvgIpc) is 2.84. The van der Waals surface area contributed by atoms with E-state index in [0.717, 1.165) is 17.1 Å². The second kappa shape index (κ2) is 4.21. The number of aliphatic hydroxyl groups is 1. The summed E-state index contributed by atoms with van der Waals surface area (Å²) in [6, 6.07) is 7.71. The number of furan rings is 1. The molecule has 15 heavy (non-hydrogen) atoms. The molecule has 3 heteroatoms. The Bertz CT molecular complexity index is 442. The lowest BCUT2D eigenvalue weighted by atomic mass is 10.2. The van der Waals surface area contributed by atoms with E-state index in [1.807, 2.05) is 25.1 Å². The lowest BCUT2D eigenvalue weighted by Crippen LogP contribution is -1.94. The second-order valence-electron chi connectivity index (χ2n) is 3.51. The van der Waals surface area contributed by atoms with Crippen molar-refractivity contribution in [2.45, 2.75) is 26.4 Å². The number of aliphatic hydroxyl groups excluding tert-OH is 1. The number of hydrogen-bond acceptors (Lipinski definition) is 3. The summed E-state index contributed by atoms with van der Waals surface area (Å²) in [5.41, 5.74) is 0. The molecule has 80 valence electrons. The average molecular weight is 222 g/mol. The van der Waals surface area contributed by atoms with Crippen molar-refractivity contribution in [1.82, 2.24) is 0 Å². The van der Waals surface area contributed by atoms with Crippen LogP contribution in [0.3, 0.4) is 0 Å². The summed E-state index contributed by atoms with van der Waals surface area (Å²) in [6.45, 7) is 3.99. The third-order valence-electron chi connectivity index (χ3n) is 2.33. The molecule has 0 bridgehead atoms. The van der Waals surface area contributed by atoms with Crippen molar-refractivity contribution in [2.75, 3.05) is 0 Å². The minimum absolute atomic E-state index is 0.621. The fourth-order valence-electron chi connectivity index (χ4n) is 1.47. The lowest BCUT2D eigenvalue weighted by molar-refractivity contribution is 0.191. The normalized spacial score (nSPS) is 13.0. The van der Waals surface area contributed by atoms with Crippen LogP contribution in [0.15, 0.2) is 28.7 Å². The molecule has 0 spiro atoms. The van der Waals surface area contributed by atoms with E-state index < -0.39 is 6.10 Å². The summed E-state index contributed by atoms with van der Waals surface area (Å²) in [5.74, 6) is 1.45. The van der Waals surface area contributed by atoms with Crippen LogP contribution in [-0.2, 0) is 6.42 Å². The van der Waals surface area contributed by atoms with Crippen LogP contribution < -0.4 is 0 Å². The lowest BCUT2D eigenvalue weighted by Gasteiger charge is -2.03. The van der Waals surface area contributed by atoms with Gasteiger partial charge in [0.2, 0.25) is 0 Å². The monoisotopic (exact) mass is 222 g/mol. The van der Waals surface area contributed by atoms with E-state index >= 15 is 0 Å².